The maximum Gasteiger partial charge on any atom is 0.320 e. The number of carbonyl (C=O) groups is 1. The zero-order valence-electron chi connectivity index (χ0n) is 11.2. The Morgan fingerprint density at radius 1 is 1.22 bits per heavy atom. The number of carbonyl (C=O) groups excluding carboxylic acids is 1. The van der Waals surface area contributed by atoms with Crippen LogP contribution >= 0.6 is 15.9 Å². The van der Waals surface area contributed by atoms with Gasteiger partial charge >= 0.3 is 5.97 Å². The number of esters is 1. The van der Waals surface area contributed by atoms with Crippen molar-refractivity contribution in [1.82, 2.24) is 0 Å². The van der Waals surface area contributed by atoms with Crippen LogP contribution in [0.25, 0.3) is 0 Å². The van der Waals surface area contributed by atoms with Crippen molar-refractivity contribution < 1.29 is 9.53 Å². The number of ether oxygens (including phenoxy) is 1. The summed E-state index contributed by atoms with van der Waals surface area (Å²) in [6, 6.07) is 0. The van der Waals surface area contributed by atoms with E-state index >= 15 is 0 Å². The van der Waals surface area contributed by atoms with Crippen LogP contribution in [0, 0.1) is 17.8 Å². The Morgan fingerprint density at radius 3 is 2.17 bits per heavy atom. The first-order chi connectivity index (χ1) is 8.60. The van der Waals surface area contributed by atoms with E-state index < -0.39 is 0 Å². The number of hydrogen-bond donors (Lipinski definition) is 0. The predicted molar refractivity (Wildman–Crippen MR) is 74.6 cm³/mol. The highest BCUT2D eigenvalue weighted by atomic mass is 79.9. The fraction of sp³-hybridized carbons (Fsp3) is 0.933. The topological polar surface area (TPSA) is 26.3 Å². The Labute approximate surface area is 118 Å². The molecular formula is C15H23BrO2. The molecule has 1 unspecified atom stereocenters. The quantitative estimate of drug-likeness (QED) is 0.577. The zero-order chi connectivity index (χ0) is 12.8. The molecule has 0 radical (unpaired) electrons. The minimum Gasteiger partial charge on any atom is -0.458 e. The monoisotopic (exact) mass is 314 g/mol. The van der Waals surface area contributed by atoms with Crippen LogP contribution in [0.4, 0.5) is 0 Å². The molecule has 102 valence electrons. The van der Waals surface area contributed by atoms with Crippen molar-refractivity contribution in [2.45, 2.75) is 68.7 Å². The van der Waals surface area contributed by atoms with Gasteiger partial charge in [-0.1, -0.05) is 29.3 Å². The number of alkyl halides is 1. The molecular weight excluding hydrogens is 292 g/mol. The van der Waals surface area contributed by atoms with E-state index in [0.29, 0.717) is 0 Å². The summed E-state index contributed by atoms with van der Waals surface area (Å²) in [4.78, 5) is 12.0. The third-order valence-electron chi connectivity index (χ3n) is 5.10. The predicted octanol–water partition coefficient (Wildman–Crippen LogP) is 4.06. The molecule has 0 saturated heterocycles. The molecule has 0 spiro atoms. The smallest absolute Gasteiger partial charge is 0.320 e. The molecule has 2 nitrogen and oxygen atoms in total. The van der Waals surface area contributed by atoms with E-state index in [-0.39, 0.29) is 16.4 Å². The summed E-state index contributed by atoms with van der Waals surface area (Å²) < 4.78 is 5.98. The van der Waals surface area contributed by atoms with Crippen LogP contribution in [0.15, 0.2) is 0 Å². The summed E-state index contributed by atoms with van der Waals surface area (Å²) in [5.74, 6) is 2.50. The highest BCUT2D eigenvalue weighted by molar-refractivity contribution is 9.10. The second kappa shape index (κ2) is 4.81. The molecule has 0 aromatic heterocycles. The molecule has 4 fully saturated rings. The summed E-state index contributed by atoms with van der Waals surface area (Å²) >= 11 is 3.47. The molecule has 18 heavy (non-hydrogen) atoms. The maximum absolute atomic E-state index is 12.1. The molecule has 0 aromatic rings. The molecule has 0 amide bonds. The van der Waals surface area contributed by atoms with Gasteiger partial charge < -0.3 is 4.74 Å². The van der Waals surface area contributed by atoms with E-state index in [1.54, 1.807) is 0 Å². The van der Waals surface area contributed by atoms with Crippen LogP contribution in [-0.2, 0) is 9.53 Å². The standard InChI is InChI=1S/C15H23BrO2/c1-2-3-13(16)14(17)18-15-7-10-4-11(8-15)6-12(5-10)9-15/h10-13H,2-9H2,1H3. The Hall–Kier alpha value is -0.0500. The molecule has 0 aliphatic heterocycles. The van der Waals surface area contributed by atoms with Gasteiger partial charge in [-0.3, -0.25) is 4.79 Å². The van der Waals surface area contributed by atoms with Crippen molar-refractivity contribution in [1.29, 1.82) is 0 Å². The molecule has 3 heteroatoms. The molecule has 4 aliphatic carbocycles. The van der Waals surface area contributed by atoms with Gasteiger partial charge in [-0.2, -0.15) is 0 Å². The van der Waals surface area contributed by atoms with Crippen molar-refractivity contribution >= 4 is 21.9 Å². The minimum atomic E-state index is -0.101. The molecule has 0 N–H and O–H groups in total. The van der Waals surface area contributed by atoms with Gasteiger partial charge in [0, 0.05) is 0 Å². The lowest BCUT2D eigenvalue weighted by Crippen LogP contribution is -2.53. The molecule has 1 atom stereocenters. The van der Waals surface area contributed by atoms with Crippen LogP contribution in [-0.4, -0.2) is 16.4 Å². The summed E-state index contributed by atoms with van der Waals surface area (Å²) in [5.41, 5.74) is -0.0778. The first kappa shape index (κ1) is 13.0. The van der Waals surface area contributed by atoms with E-state index in [2.05, 4.69) is 22.9 Å². The number of halogens is 1. The average Bonchev–Trinajstić information content (AvgIpc) is 2.26. The lowest BCUT2D eigenvalue weighted by molar-refractivity contribution is -0.185. The van der Waals surface area contributed by atoms with Gasteiger partial charge in [0.2, 0.25) is 0 Å². The van der Waals surface area contributed by atoms with E-state index in [4.69, 9.17) is 4.74 Å². The van der Waals surface area contributed by atoms with Crippen LogP contribution in [0.2, 0.25) is 0 Å². The SMILES string of the molecule is CCCC(Br)C(=O)OC12CC3CC(CC(C3)C1)C2. The van der Waals surface area contributed by atoms with Crippen molar-refractivity contribution in [2.75, 3.05) is 0 Å². The van der Waals surface area contributed by atoms with E-state index in [0.717, 1.165) is 49.9 Å². The first-order valence-corrected chi connectivity index (χ1v) is 8.39. The van der Waals surface area contributed by atoms with Crippen LogP contribution in [0.3, 0.4) is 0 Å². The Balaban J connectivity index is 1.67. The summed E-state index contributed by atoms with van der Waals surface area (Å²) in [7, 11) is 0. The van der Waals surface area contributed by atoms with Crippen molar-refractivity contribution in [3.8, 4) is 0 Å². The van der Waals surface area contributed by atoms with Crippen LogP contribution in [0.1, 0.15) is 58.3 Å². The second-order valence-electron chi connectivity index (χ2n) is 6.78. The largest absolute Gasteiger partial charge is 0.458 e. The third-order valence-corrected chi connectivity index (χ3v) is 5.93. The van der Waals surface area contributed by atoms with Gasteiger partial charge in [-0.15, -0.1) is 0 Å². The number of rotatable bonds is 4. The molecule has 0 heterocycles. The Bertz CT molecular complexity index is 304. The lowest BCUT2D eigenvalue weighted by atomic mass is 9.54. The third kappa shape index (κ3) is 2.35. The zero-order valence-corrected chi connectivity index (χ0v) is 12.7. The van der Waals surface area contributed by atoms with Gasteiger partial charge in [0.1, 0.15) is 10.4 Å². The van der Waals surface area contributed by atoms with E-state index in [9.17, 15) is 4.79 Å². The molecule has 4 bridgehead atoms. The fourth-order valence-corrected chi connectivity index (χ4v) is 5.36. The van der Waals surface area contributed by atoms with E-state index in [1.165, 1.54) is 19.3 Å². The highest BCUT2D eigenvalue weighted by Crippen LogP contribution is 2.57. The summed E-state index contributed by atoms with van der Waals surface area (Å²) in [6.45, 7) is 2.10. The van der Waals surface area contributed by atoms with Crippen LogP contribution < -0.4 is 0 Å². The normalized spacial score (nSPS) is 42.9. The molecule has 4 rings (SSSR count). The molecule has 4 aliphatic rings. The Morgan fingerprint density at radius 2 is 1.72 bits per heavy atom. The fourth-order valence-electron chi connectivity index (χ4n) is 4.80. The minimum absolute atomic E-state index is 0.0150. The van der Waals surface area contributed by atoms with Crippen molar-refractivity contribution in [2.24, 2.45) is 17.8 Å². The summed E-state index contributed by atoms with van der Waals surface area (Å²) in [5, 5.41) is 0. The highest BCUT2D eigenvalue weighted by Gasteiger charge is 2.53. The van der Waals surface area contributed by atoms with Gasteiger partial charge in [-0.25, -0.2) is 0 Å². The van der Waals surface area contributed by atoms with Gasteiger partial charge in [0.15, 0.2) is 0 Å². The molecule has 4 saturated carbocycles. The average molecular weight is 315 g/mol. The molecule has 0 aromatic carbocycles. The first-order valence-electron chi connectivity index (χ1n) is 7.47. The van der Waals surface area contributed by atoms with Crippen molar-refractivity contribution in [3.05, 3.63) is 0 Å². The van der Waals surface area contributed by atoms with Gasteiger partial charge in [0.25, 0.3) is 0 Å². The van der Waals surface area contributed by atoms with E-state index in [1.807, 2.05) is 0 Å². The van der Waals surface area contributed by atoms with Gasteiger partial charge in [0.05, 0.1) is 0 Å². The second-order valence-corrected chi connectivity index (χ2v) is 7.88. The maximum atomic E-state index is 12.1. The summed E-state index contributed by atoms with van der Waals surface area (Å²) in [6.07, 6.45) is 9.48. The van der Waals surface area contributed by atoms with Gasteiger partial charge in [-0.05, 0) is 62.7 Å². The number of hydrogen-bond acceptors (Lipinski definition) is 2. The Kier molecular flexibility index (Phi) is 3.46. The van der Waals surface area contributed by atoms with Crippen molar-refractivity contribution in [3.63, 3.8) is 0 Å². The van der Waals surface area contributed by atoms with Crippen LogP contribution in [0.5, 0.6) is 0 Å². The lowest BCUT2D eigenvalue weighted by Gasteiger charge is -2.55.